The Morgan fingerprint density at radius 1 is 1.27 bits per heavy atom. The smallest absolute Gasteiger partial charge is 0.427 e. The summed E-state index contributed by atoms with van der Waals surface area (Å²) >= 11 is 0. The maximum Gasteiger partial charge on any atom is 0.427 e. The van der Waals surface area contributed by atoms with Crippen LogP contribution in [0.15, 0.2) is 33.8 Å². The van der Waals surface area contributed by atoms with Crippen molar-refractivity contribution in [2.75, 3.05) is 11.9 Å². The zero-order chi connectivity index (χ0) is 21.9. The summed E-state index contributed by atoms with van der Waals surface area (Å²) in [7, 11) is 0. The van der Waals surface area contributed by atoms with Gasteiger partial charge in [-0.15, -0.1) is 0 Å². The lowest BCUT2D eigenvalue weighted by Crippen LogP contribution is -2.22. The molecule has 1 aromatic heterocycles. The Kier molecular flexibility index (Phi) is 6.14. The number of ether oxygens (including phenoxy) is 1. The van der Waals surface area contributed by atoms with Crippen LogP contribution >= 0.6 is 0 Å². The molecule has 2 N–H and O–H groups in total. The topological polar surface area (TPSA) is 92.9 Å². The van der Waals surface area contributed by atoms with Gasteiger partial charge in [0.25, 0.3) is 5.91 Å². The number of hydrogen-bond acceptors (Lipinski definition) is 5. The minimum Gasteiger partial charge on any atom is -0.455 e. The number of alkyl halides is 3. The Bertz CT molecular complexity index is 996. The van der Waals surface area contributed by atoms with Crippen molar-refractivity contribution in [1.29, 1.82) is 0 Å². The van der Waals surface area contributed by atoms with E-state index in [1.165, 1.54) is 12.1 Å². The van der Waals surface area contributed by atoms with Gasteiger partial charge >= 0.3 is 12.3 Å². The molecule has 0 fully saturated rings. The molecule has 0 saturated heterocycles. The molecule has 2 aromatic rings. The number of aryl methyl sites for hydroxylation is 1. The van der Waals surface area contributed by atoms with E-state index in [4.69, 9.17) is 9.15 Å². The van der Waals surface area contributed by atoms with Crippen LogP contribution in [0.3, 0.4) is 0 Å². The van der Waals surface area contributed by atoms with Crippen LogP contribution < -0.4 is 10.7 Å². The largest absolute Gasteiger partial charge is 0.455 e. The van der Waals surface area contributed by atoms with Crippen LogP contribution in [0.2, 0.25) is 0 Å². The number of amides is 2. The zero-order valence-corrected chi connectivity index (χ0v) is 16.4. The number of hydrazone groups is 1. The van der Waals surface area contributed by atoms with Gasteiger partial charge in [-0.1, -0.05) is 6.07 Å². The number of anilines is 1. The lowest BCUT2D eigenvalue weighted by atomic mass is 9.93. The standard InChI is InChI=1S/C20H20F3N3O4/c1-3-29-19(28)26-25-14-8-5-9-15-16(14)11(2)17(30-15)18(27)24-13-7-4-6-12(10-13)20(21,22)23/h4,6-7,10H,3,5,8-9H2,1-2H3,(H,24,27)(H,26,28)/b25-14+. The molecule has 0 aliphatic heterocycles. The molecule has 0 spiro atoms. The number of rotatable bonds is 4. The highest BCUT2D eigenvalue weighted by molar-refractivity contribution is 6.09. The molecular weight excluding hydrogens is 403 g/mol. The van der Waals surface area contributed by atoms with Crippen molar-refractivity contribution < 1.29 is 31.9 Å². The fraction of sp³-hybridized carbons (Fsp3) is 0.350. The third-order valence-electron chi connectivity index (χ3n) is 4.54. The Morgan fingerprint density at radius 2 is 2.03 bits per heavy atom. The lowest BCUT2D eigenvalue weighted by molar-refractivity contribution is -0.137. The van der Waals surface area contributed by atoms with E-state index >= 15 is 0 Å². The summed E-state index contributed by atoms with van der Waals surface area (Å²) in [6.45, 7) is 3.53. The van der Waals surface area contributed by atoms with Gasteiger partial charge < -0.3 is 14.5 Å². The minimum absolute atomic E-state index is 0.00136. The number of nitrogens with zero attached hydrogens (tertiary/aromatic N) is 1. The molecule has 0 atom stereocenters. The molecule has 30 heavy (non-hydrogen) atoms. The van der Waals surface area contributed by atoms with Gasteiger partial charge in [-0.05, 0) is 44.9 Å². The van der Waals surface area contributed by atoms with E-state index < -0.39 is 23.7 Å². The van der Waals surface area contributed by atoms with E-state index in [2.05, 4.69) is 15.8 Å². The average molecular weight is 423 g/mol. The lowest BCUT2D eigenvalue weighted by Gasteiger charge is -2.13. The van der Waals surface area contributed by atoms with Crippen molar-refractivity contribution >= 4 is 23.4 Å². The molecule has 1 aliphatic carbocycles. The second kappa shape index (κ2) is 8.60. The first-order valence-electron chi connectivity index (χ1n) is 9.31. The zero-order valence-electron chi connectivity index (χ0n) is 16.4. The predicted molar refractivity (Wildman–Crippen MR) is 102 cm³/mol. The van der Waals surface area contributed by atoms with E-state index in [0.717, 1.165) is 12.1 Å². The van der Waals surface area contributed by atoms with Crippen molar-refractivity contribution in [2.24, 2.45) is 5.10 Å². The maximum atomic E-state index is 12.9. The predicted octanol–water partition coefficient (Wildman–Crippen LogP) is 4.65. The summed E-state index contributed by atoms with van der Waals surface area (Å²) in [5.41, 5.74) is 3.10. The molecule has 7 nitrogen and oxygen atoms in total. The second-order valence-corrected chi connectivity index (χ2v) is 6.63. The number of carbonyl (C=O) groups is 2. The van der Waals surface area contributed by atoms with Crippen LogP contribution in [0.4, 0.5) is 23.7 Å². The molecule has 1 aliphatic rings. The molecule has 0 radical (unpaired) electrons. The molecule has 1 heterocycles. The summed E-state index contributed by atoms with van der Waals surface area (Å²) in [4.78, 5) is 24.1. The van der Waals surface area contributed by atoms with Crippen molar-refractivity contribution in [3.05, 3.63) is 52.5 Å². The van der Waals surface area contributed by atoms with E-state index in [-0.39, 0.29) is 18.1 Å². The quantitative estimate of drug-likeness (QED) is 0.701. The molecule has 0 saturated carbocycles. The minimum atomic E-state index is -4.52. The molecule has 0 bridgehead atoms. The Balaban J connectivity index is 1.84. The Morgan fingerprint density at radius 3 is 2.73 bits per heavy atom. The maximum absolute atomic E-state index is 12.9. The fourth-order valence-electron chi connectivity index (χ4n) is 3.23. The van der Waals surface area contributed by atoms with Crippen molar-refractivity contribution in [1.82, 2.24) is 5.43 Å². The molecule has 160 valence electrons. The van der Waals surface area contributed by atoms with Gasteiger partial charge in [-0.2, -0.15) is 18.3 Å². The summed E-state index contributed by atoms with van der Waals surface area (Å²) in [6, 6.07) is 4.35. The van der Waals surface area contributed by atoms with Crippen LogP contribution in [0.25, 0.3) is 0 Å². The molecule has 1 aromatic carbocycles. The van der Waals surface area contributed by atoms with Crippen LogP contribution in [0, 0.1) is 6.92 Å². The Labute approximate surface area is 170 Å². The van der Waals surface area contributed by atoms with Crippen LogP contribution in [-0.4, -0.2) is 24.3 Å². The molecule has 2 amide bonds. The van der Waals surface area contributed by atoms with Gasteiger partial charge in [-0.3, -0.25) is 4.79 Å². The number of fused-ring (bicyclic) bond motifs is 1. The van der Waals surface area contributed by atoms with Gasteiger partial charge in [0.2, 0.25) is 0 Å². The van der Waals surface area contributed by atoms with Crippen LogP contribution in [0.5, 0.6) is 0 Å². The van der Waals surface area contributed by atoms with E-state index in [0.29, 0.717) is 41.9 Å². The highest BCUT2D eigenvalue weighted by Gasteiger charge is 2.31. The van der Waals surface area contributed by atoms with Gasteiger partial charge in [0.1, 0.15) is 5.76 Å². The molecule has 10 heteroatoms. The molecule has 0 unspecified atom stereocenters. The number of carbonyl (C=O) groups excluding carboxylic acids is 2. The number of halogens is 3. The average Bonchev–Trinajstić information content (AvgIpc) is 3.04. The third-order valence-corrected chi connectivity index (χ3v) is 4.54. The third kappa shape index (κ3) is 4.64. The number of furan rings is 1. The van der Waals surface area contributed by atoms with E-state index in [9.17, 15) is 22.8 Å². The number of nitrogens with one attached hydrogen (secondary N) is 2. The molecule has 3 rings (SSSR count). The van der Waals surface area contributed by atoms with Gasteiger partial charge in [-0.25, -0.2) is 10.2 Å². The number of benzene rings is 1. The van der Waals surface area contributed by atoms with Crippen molar-refractivity contribution in [3.8, 4) is 0 Å². The summed E-state index contributed by atoms with van der Waals surface area (Å²) in [6.07, 6.45) is -3.36. The highest BCUT2D eigenvalue weighted by Crippen LogP contribution is 2.32. The Hall–Kier alpha value is -3.30. The van der Waals surface area contributed by atoms with Crippen LogP contribution in [-0.2, 0) is 17.3 Å². The second-order valence-electron chi connectivity index (χ2n) is 6.63. The fourth-order valence-corrected chi connectivity index (χ4v) is 3.23. The first kappa shape index (κ1) is 21.4. The van der Waals surface area contributed by atoms with Gasteiger partial charge in [0.15, 0.2) is 5.76 Å². The van der Waals surface area contributed by atoms with Gasteiger partial charge in [0.05, 0.1) is 17.9 Å². The summed E-state index contributed by atoms with van der Waals surface area (Å²) in [5, 5.41) is 6.51. The number of hydrogen-bond donors (Lipinski definition) is 2. The van der Waals surface area contributed by atoms with Crippen LogP contribution in [0.1, 0.15) is 52.8 Å². The summed E-state index contributed by atoms with van der Waals surface area (Å²) in [5.74, 6) is -0.139. The monoisotopic (exact) mass is 423 g/mol. The van der Waals surface area contributed by atoms with E-state index in [1.54, 1.807) is 13.8 Å². The van der Waals surface area contributed by atoms with E-state index in [1.807, 2.05) is 0 Å². The normalized spacial score (nSPS) is 14.9. The molecular formula is C20H20F3N3O4. The summed E-state index contributed by atoms with van der Waals surface area (Å²) < 4.78 is 49.1. The van der Waals surface area contributed by atoms with Crippen molar-refractivity contribution in [3.63, 3.8) is 0 Å². The highest BCUT2D eigenvalue weighted by atomic mass is 19.4. The van der Waals surface area contributed by atoms with Gasteiger partial charge in [0, 0.05) is 23.2 Å². The van der Waals surface area contributed by atoms with Crippen molar-refractivity contribution in [2.45, 2.75) is 39.3 Å². The first-order chi connectivity index (χ1) is 14.2. The SMILES string of the molecule is CCOC(=O)N/N=C1\CCCc2oc(C(=O)Nc3cccc(C(F)(F)F)c3)c(C)c21. The first-order valence-corrected chi connectivity index (χ1v) is 9.31.